The van der Waals surface area contributed by atoms with Crippen molar-refractivity contribution >= 4 is 11.9 Å². The molecular formula is C11H16N3+. The summed E-state index contributed by atoms with van der Waals surface area (Å²) < 4.78 is 0. The summed E-state index contributed by atoms with van der Waals surface area (Å²) in [5.41, 5.74) is 7.44. The molecule has 0 spiro atoms. The predicted molar refractivity (Wildman–Crippen MR) is 58.3 cm³/mol. The molecule has 3 N–H and O–H groups in total. The summed E-state index contributed by atoms with van der Waals surface area (Å²) >= 11 is 0. The Balaban J connectivity index is 2.73. The number of hydrogen-bond donors (Lipinski definition) is 1. The Bertz CT molecular complexity index is 326. The Morgan fingerprint density at radius 2 is 2.07 bits per heavy atom. The monoisotopic (exact) mass is 190 g/mol. The first-order valence-corrected chi connectivity index (χ1v) is 4.66. The van der Waals surface area contributed by atoms with Gasteiger partial charge < -0.3 is 5.73 Å². The highest BCUT2D eigenvalue weighted by Gasteiger charge is 1.98. The second-order valence-electron chi connectivity index (χ2n) is 3.34. The lowest BCUT2D eigenvalue weighted by Crippen LogP contribution is -1.99. The Hall–Kier alpha value is -1.64. The first kappa shape index (κ1) is 10.4. The van der Waals surface area contributed by atoms with Crippen molar-refractivity contribution in [2.45, 2.75) is 13.8 Å². The van der Waals surface area contributed by atoms with E-state index < -0.39 is 0 Å². The lowest BCUT2D eigenvalue weighted by Gasteiger charge is -2.02. The number of aromatic amines is 1. The molecule has 0 atom stereocenters. The van der Waals surface area contributed by atoms with Gasteiger partial charge in [0.25, 0.3) is 0 Å². The van der Waals surface area contributed by atoms with E-state index >= 15 is 0 Å². The maximum absolute atomic E-state index is 5.48. The highest BCUT2D eigenvalue weighted by molar-refractivity contribution is 5.81. The molecule has 0 aromatic carbocycles. The number of nitrogens with zero attached hydrogens (tertiary/aromatic N) is 1. The van der Waals surface area contributed by atoms with Crippen molar-refractivity contribution in [3.8, 4) is 0 Å². The first-order valence-electron chi connectivity index (χ1n) is 4.66. The quantitative estimate of drug-likeness (QED) is 0.725. The van der Waals surface area contributed by atoms with Gasteiger partial charge in [0.05, 0.1) is 5.69 Å². The van der Waals surface area contributed by atoms with Gasteiger partial charge in [-0.2, -0.15) is 0 Å². The number of nitrogens with two attached hydrogens (primary N) is 1. The zero-order chi connectivity index (χ0) is 10.4. The van der Waals surface area contributed by atoms with E-state index in [1.165, 1.54) is 0 Å². The van der Waals surface area contributed by atoms with Crippen molar-refractivity contribution in [2.24, 2.45) is 16.6 Å². The Morgan fingerprint density at radius 1 is 1.43 bits per heavy atom. The number of rotatable bonds is 3. The largest absolute Gasteiger partial charge is 0.404 e. The molecule has 0 amide bonds. The molecule has 14 heavy (non-hydrogen) atoms. The highest BCUT2D eigenvalue weighted by Crippen LogP contribution is 2.10. The van der Waals surface area contributed by atoms with Crippen molar-refractivity contribution < 1.29 is 4.98 Å². The summed E-state index contributed by atoms with van der Waals surface area (Å²) in [6, 6.07) is 3.82. The van der Waals surface area contributed by atoms with Gasteiger partial charge in [0, 0.05) is 18.3 Å². The van der Waals surface area contributed by atoms with Gasteiger partial charge in [-0.05, 0) is 17.7 Å². The van der Waals surface area contributed by atoms with E-state index in [0.717, 1.165) is 11.3 Å². The normalized spacial score (nSPS) is 12.6. The van der Waals surface area contributed by atoms with E-state index in [1.54, 1.807) is 12.4 Å². The van der Waals surface area contributed by atoms with Crippen molar-refractivity contribution in [1.82, 2.24) is 0 Å². The van der Waals surface area contributed by atoms with Crippen LogP contribution in [-0.2, 0) is 0 Å². The molecule has 3 heteroatoms. The van der Waals surface area contributed by atoms with Gasteiger partial charge in [0.1, 0.15) is 0 Å². The van der Waals surface area contributed by atoms with Crippen molar-refractivity contribution in [1.29, 1.82) is 0 Å². The molecule has 0 aliphatic heterocycles. The minimum Gasteiger partial charge on any atom is -0.404 e. The molecule has 1 aromatic rings. The van der Waals surface area contributed by atoms with Crippen LogP contribution in [0.15, 0.2) is 41.3 Å². The summed E-state index contributed by atoms with van der Waals surface area (Å²) in [5, 5.41) is 0. The summed E-state index contributed by atoms with van der Waals surface area (Å²) in [6.45, 7) is 4.17. The van der Waals surface area contributed by atoms with Gasteiger partial charge in [0.15, 0.2) is 12.4 Å². The van der Waals surface area contributed by atoms with E-state index in [0.29, 0.717) is 5.92 Å². The Morgan fingerprint density at radius 3 is 2.57 bits per heavy atom. The second kappa shape index (κ2) is 5.17. The SMILES string of the molecule is CC(C)/C(C=Nc1cc[nH+]cc1)=C/N. The van der Waals surface area contributed by atoms with Crippen LogP contribution < -0.4 is 10.7 Å². The third kappa shape index (κ3) is 3.01. The number of nitrogens with one attached hydrogen (secondary N) is 1. The van der Waals surface area contributed by atoms with Gasteiger partial charge >= 0.3 is 0 Å². The number of H-pyrrole nitrogens is 1. The third-order valence-corrected chi connectivity index (χ3v) is 1.92. The Labute approximate surface area is 84.4 Å². The molecule has 1 aromatic heterocycles. The molecule has 0 radical (unpaired) electrons. The van der Waals surface area contributed by atoms with Crippen molar-refractivity contribution in [2.75, 3.05) is 0 Å². The van der Waals surface area contributed by atoms with E-state index in [9.17, 15) is 0 Å². The average Bonchev–Trinajstić information content (AvgIpc) is 2.20. The first-order chi connectivity index (χ1) is 6.74. The number of hydrogen-bond acceptors (Lipinski definition) is 2. The molecular weight excluding hydrogens is 174 g/mol. The fourth-order valence-corrected chi connectivity index (χ4v) is 0.998. The molecule has 1 heterocycles. The number of aromatic nitrogens is 1. The molecule has 0 bridgehead atoms. The summed E-state index contributed by atoms with van der Waals surface area (Å²) in [4.78, 5) is 7.25. The fourth-order valence-electron chi connectivity index (χ4n) is 0.998. The zero-order valence-electron chi connectivity index (χ0n) is 8.57. The number of allylic oxidation sites excluding steroid dienone is 1. The molecule has 3 nitrogen and oxygen atoms in total. The van der Waals surface area contributed by atoms with Crippen molar-refractivity contribution in [3.05, 3.63) is 36.3 Å². The fraction of sp³-hybridized carbons (Fsp3) is 0.273. The van der Waals surface area contributed by atoms with Crippen LogP contribution in [0.5, 0.6) is 0 Å². The standard InChI is InChI=1S/C11H15N3/c1-9(2)10(7-12)8-14-11-3-5-13-6-4-11/h3-9H,12H2,1-2H3/p+1/b10-7+,14-8?. The summed E-state index contributed by atoms with van der Waals surface area (Å²) in [5.74, 6) is 0.402. The van der Waals surface area contributed by atoms with E-state index in [1.807, 2.05) is 24.5 Å². The highest BCUT2D eigenvalue weighted by atomic mass is 14.7. The smallest absolute Gasteiger partial charge is 0.169 e. The van der Waals surface area contributed by atoms with Crippen LogP contribution >= 0.6 is 0 Å². The lowest BCUT2D eigenvalue weighted by atomic mass is 10.1. The van der Waals surface area contributed by atoms with E-state index in [4.69, 9.17) is 5.73 Å². The Kier molecular flexibility index (Phi) is 3.85. The van der Waals surface area contributed by atoms with E-state index in [2.05, 4.69) is 23.8 Å². The zero-order valence-corrected chi connectivity index (χ0v) is 8.57. The summed E-state index contributed by atoms with van der Waals surface area (Å²) in [7, 11) is 0. The molecule has 1 rings (SSSR count). The molecule has 0 aliphatic rings. The number of pyridine rings is 1. The van der Waals surface area contributed by atoms with Crippen LogP contribution in [0.2, 0.25) is 0 Å². The predicted octanol–water partition coefficient (Wildman–Crippen LogP) is 1.70. The summed E-state index contributed by atoms with van der Waals surface area (Å²) in [6.07, 6.45) is 7.09. The van der Waals surface area contributed by atoms with Crippen LogP contribution in [-0.4, -0.2) is 6.21 Å². The van der Waals surface area contributed by atoms with E-state index in [-0.39, 0.29) is 0 Å². The second-order valence-corrected chi connectivity index (χ2v) is 3.34. The minimum atomic E-state index is 0.402. The molecule has 0 fully saturated rings. The van der Waals surface area contributed by atoms with Crippen LogP contribution in [0.3, 0.4) is 0 Å². The van der Waals surface area contributed by atoms with Gasteiger partial charge in [-0.15, -0.1) is 0 Å². The van der Waals surface area contributed by atoms with Crippen LogP contribution in [0.1, 0.15) is 13.8 Å². The van der Waals surface area contributed by atoms with Gasteiger partial charge in [-0.3, -0.25) is 4.99 Å². The van der Waals surface area contributed by atoms with Crippen LogP contribution in [0.25, 0.3) is 0 Å². The lowest BCUT2D eigenvalue weighted by molar-refractivity contribution is -0.377. The van der Waals surface area contributed by atoms with Crippen LogP contribution in [0.4, 0.5) is 5.69 Å². The molecule has 74 valence electrons. The molecule has 0 aliphatic carbocycles. The average molecular weight is 190 g/mol. The molecule has 0 unspecified atom stereocenters. The minimum absolute atomic E-state index is 0.402. The number of aliphatic imine (C=N–C) groups is 1. The van der Waals surface area contributed by atoms with Gasteiger partial charge in [0.2, 0.25) is 0 Å². The van der Waals surface area contributed by atoms with Crippen LogP contribution in [0, 0.1) is 5.92 Å². The van der Waals surface area contributed by atoms with Gasteiger partial charge in [-0.1, -0.05) is 13.8 Å². The molecule has 0 saturated heterocycles. The van der Waals surface area contributed by atoms with Crippen molar-refractivity contribution in [3.63, 3.8) is 0 Å². The van der Waals surface area contributed by atoms with Gasteiger partial charge in [-0.25, -0.2) is 4.98 Å². The maximum atomic E-state index is 5.48. The molecule has 0 saturated carbocycles. The maximum Gasteiger partial charge on any atom is 0.169 e. The topological polar surface area (TPSA) is 52.5 Å². The third-order valence-electron chi connectivity index (χ3n) is 1.92.